The van der Waals surface area contributed by atoms with Gasteiger partial charge in [-0.1, -0.05) is 24.3 Å². The number of likely N-dealkylation sites (tertiary alicyclic amines) is 1. The molecule has 2 aromatic carbocycles. The predicted molar refractivity (Wildman–Crippen MR) is 164 cm³/mol. The fraction of sp³-hybridized carbons (Fsp3) is 0.294. The Kier molecular flexibility index (Phi) is 7.10. The number of benzene rings is 2. The summed E-state index contributed by atoms with van der Waals surface area (Å²) in [4.78, 5) is 27.8. The number of nitrogens with two attached hydrogens (primary N) is 1. The van der Waals surface area contributed by atoms with Crippen molar-refractivity contribution in [3.8, 4) is 28.2 Å². The monoisotopic (exact) mass is 576 g/mol. The lowest BCUT2D eigenvalue weighted by Crippen LogP contribution is -2.47. The maximum absolute atomic E-state index is 13.5. The average Bonchev–Trinajstić information content (AvgIpc) is 3.38. The van der Waals surface area contributed by atoms with Crippen molar-refractivity contribution in [2.75, 3.05) is 25.4 Å². The SMILES string of the molecule is Nc1ncccc1-c1nc2cc(-c3ccc(F)cc3)cnc2n1-c1ccc(C2CN(C[C@H]3CC[C@H](C(=O)O)CC3)C2)cc1. The van der Waals surface area contributed by atoms with Crippen LogP contribution in [0.15, 0.2) is 79.1 Å². The Morgan fingerprint density at radius 3 is 2.40 bits per heavy atom. The van der Waals surface area contributed by atoms with Crippen LogP contribution in [0.25, 0.3) is 39.4 Å². The Hall–Kier alpha value is -4.63. The van der Waals surface area contributed by atoms with Crippen molar-refractivity contribution in [1.29, 1.82) is 0 Å². The number of hydrogen-bond donors (Lipinski definition) is 2. The zero-order valence-corrected chi connectivity index (χ0v) is 23.7. The zero-order valence-electron chi connectivity index (χ0n) is 23.7. The number of fused-ring (bicyclic) bond motifs is 1. The van der Waals surface area contributed by atoms with Crippen LogP contribution in [-0.2, 0) is 4.79 Å². The van der Waals surface area contributed by atoms with E-state index < -0.39 is 5.97 Å². The Morgan fingerprint density at radius 2 is 1.70 bits per heavy atom. The molecular weight excluding hydrogens is 543 g/mol. The summed E-state index contributed by atoms with van der Waals surface area (Å²) in [5, 5.41) is 9.27. The van der Waals surface area contributed by atoms with Crippen LogP contribution in [0.5, 0.6) is 0 Å². The number of carbonyl (C=O) groups is 1. The number of hydrogen-bond acceptors (Lipinski definition) is 6. The van der Waals surface area contributed by atoms with Gasteiger partial charge in [-0.25, -0.2) is 19.3 Å². The van der Waals surface area contributed by atoms with E-state index in [0.717, 1.165) is 67.7 Å². The van der Waals surface area contributed by atoms with Gasteiger partial charge in [0.15, 0.2) is 11.5 Å². The van der Waals surface area contributed by atoms with Crippen molar-refractivity contribution in [3.63, 3.8) is 0 Å². The maximum Gasteiger partial charge on any atom is 0.306 e. The van der Waals surface area contributed by atoms with Crippen LogP contribution in [0, 0.1) is 17.7 Å². The van der Waals surface area contributed by atoms with E-state index in [1.807, 2.05) is 22.8 Å². The van der Waals surface area contributed by atoms with E-state index in [1.165, 1.54) is 17.7 Å². The second-order valence-electron chi connectivity index (χ2n) is 11.8. The molecule has 5 aromatic rings. The van der Waals surface area contributed by atoms with Gasteiger partial charge in [0.05, 0.1) is 11.5 Å². The van der Waals surface area contributed by atoms with E-state index in [2.05, 4.69) is 34.1 Å². The van der Waals surface area contributed by atoms with Crippen LogP contribution in [0.2, 0.25) is 0 Å². The Morgan fingerprint density at radius 1 is 0.953 bits per heavy atom. The number of imidazole rings is 1. The third-order valence-electron chi connectivity index (χ3n) is 9.05. The molecule has 3 aromatic heterocycles. The molecule has 0 radical (unpaired) electrons. The number of nitrogens with zero attached hydrogens (tertiary/aromatic N) is 5. The number of carboxylic acid groups (broad SMARTS) is 1. The first kappa shape index (κ1) is 27.2. The van der Waals surface area contributed by atoms with Crippen LogP contribution in [-0.4, -0.2) is 55.1 Å². The highest BCUT2D eigenvalue weighted by Crippen LogP contribution is 2.35. The summed E-state index contributed by atoms with van der Waals surface area (Å²) in [5.41, 5.74) is 12.4. The minimum absolute atomic E-state index is 0.159. The van der Waals surface area contributed by atoms with E-state index in [1.54, 1.807) is 24.5 Å². The third kappa shape index (κ3) is 5.36. The van der Waals surface area contributed by atoms with Crippen LogP contribution in [0.1, 0.15) is 37.2 Å². The summed E-state index contributed by atoms with van der Waals surface area (Å²) in [6, 6.07) is 20.7. The third-order valence-corrected chi connectivity index (χ3v) is 9.05. The lowest BCUT2D eigenvalue weighted by molar-refractivity contribution is -0.143. The van der Waals surface area contributed by atoms with Crippen molar-refractivity contribution in [1.82, 2.24) is 24.4 Å². The summed E-state index contributed by atoms with van der Waals surface area (Å²) in [7, 11) is 0. The summed E-state index contributed by atoms with van der Waals surface area (Å²) in [6.07, 6.45) is 7.07. The van der Waals surface area contributed by atoms with Crippen molar-refractivity contribution < 1.29 is 14.3 Å². The quantitative estimate of drug-likeness (QED) is 0.239. The molecular formula is C34H33FN6O2. The smallest absolute Gasteiger partial charge is 0.306 e. The predicted octanol–water partition coefficient (Wildman–Crippen LogP) is 6.16. The number of anilines is 1. The number of aliphatic carboxylic acids is 1. The summed E-state index contributed by atoms with van der Waals surface area (Å²) >= 11 is 0. The maximum atomic E-state index is 13.5. The highest BCUT2D eigenvalue weighted by molar-refractivity contribution is 5.85. The second-order valence-corrected chi connectivity index (χ2v) is 11.8. The molecule has 0 spiro atoms. The van der Waals surface area contributed by atoms with Gasteiger partial charge in [-0.2, -0.15) is 0 Å². The first-order chi connectivity index (χ1) is 20.9. The molecule has 0 atom stereocenters. The number of halogens is 1. The van der Waals surface area contributed by atoms with Gasteiger partial charge in [-0.3, -0.25) is 9.36 Å². The lowest BCUT2D eigenvalue weighted by atomic mass is 9.80. The fourth-order valence-corrected chi connectivity index (χ4v) is 6.58. The van der Waals surface area contributed by atoms with Gasteiger partial charge in [-0.05, 0) is 85.2 Å². The largest absolute Gasteiger partial charge is 0.481 e. The van der Waals surface area contributed by atoms with E-state index in [0.29, 0.717) is 34.6 Å². The highest BCUT2D eigenvalue weighted by atomic mass is 19.1. The van der Waals surface area contributed by atoms with E-state index in [4.69, 9.17) is 15.7 Å². The minimum atomic E-state index is -0.642. The first-order valence-electron chi connectivity index (χ1n) is 14.8. The Balaban J connectivity index is 1.13. The molecule has 4 heterocycles. The summed E-state index contributed by atoms with van der Waals surface area (Å²) in [5.74, 6) is 1.04. The molecule has 7 rings (SSSR count). The van der Waals surface area contributed by atoms with Gasteiger partial charge in [0.1, 0.15) is 17.2 Å². The van der Waals surface area contributed by atoms with Gasteiger partial charge in [0.2, 0.25) is 0 Å². The van der Waals surface area contributed by atoms with Crippen LogP contribution >= 0.6 is 0 Å². The molecule has 218 valence electrons. The second kappa shape index (κ2) is 11.2. The summed E-state index contributed by atoms with van der Waals surface area (Å²) < 4.78 is 15.5. The summed E-state index contributed by atoms with van der Waals surface area (Å²) in [6.45, 7) is 3.11. The van der Waals surface area contributed by atoms with Crippen molar-refractivity contribution in [2.24, 2.45) is 11.8 Å². The normalized spacial score (nSPS) is 19.4. The van der Waals surface area contributed by atoms with Crippen LogP contribution in [0.4, 0.5) is 10.2 Å². The molecule has 8 nitrogen and oxygen atoms in total. The first-order valence-corrected chi connectivity index (χ1v) is 14.8. The van der Waals surface area contributed by atoms with Gasteiger partial charge in [0, 0.05) is 49.2 Å². The number of carboxylic acids is 1. The van der Waals surface area contributed by atoms with E-state index >= 15 is 0 Å². The number of pyridine rings is 2. The molecule has 1 saturated heterocycles. The molecule has 0 unspecified atom stereocenters. The molecule has 43 heavy (non-hydrogen) atoms. The number of rotatable bonds is 7. The van der Waals surface area contributed by atoms with E-state index in [9.17, 15) is 14.3 Å². The van der Waals surface area contributed by atoms with Crippen molar-refractivity contribution >= 4 is 23.0 Å². The number of nitrogen functional groups attached to an aromatic ring is 1. The molecule has 1 aliphatic carbocycles. The molecule has 1 aliphatic heterocycles. The molecule has 2 aliphatic rings. The van der Waals surface area contributed by atoms with Gasteiger partial charge < -0.3 is 15.7 Å². The average molecular weight is 577 g/mol. The van der Waals surface area contributed by atoms with Crippen LogP contribution < -0.4 is 5.73 Å². The van der Waals surface area contributed by atoms with Gasteiger partial charge in [-0.15, -0.1) is 0 Å². The van der Waals surface area contributed by atoms with E-state index in [-0.39, 0.29) is 11.7 Å². The highest BCUT2D eigenvalue weighted by Gasteiger charge is 2.32. The van der Waals surface area contributed by atoms with Crippen molar-refractivity contribution in [3.05, 3.63) is 90.5 Å². The molecule has 2 fully saturated rings. The van der Waals surface area contributed by atoms with Gasteiger partial charge >= 0.3 is 5.97 Å². The topological polar surface area (TPSA) is 110 Å². The molecule has 1 saturated carbocycles. The lowest BCUT2D eigenvalue weighted by Gasteiger charge is -2.42. The van der Waals surface area contributed by atoms with Crippen LogP contribution in [0.3, 0.4) is 0 Å². The number of aromatic nitrogens is 4. The zero-order chi connectivity index (χ0) is 29.5. The van der Waals surface area contributed by atoms with Gasteiger partial charge in [0.25, 0.3) is 0 Å². The molecule has 3 N–H and O–H groups in total. The van der Waals surface area contributed by atoms with Crippen molar-refractivity contribution in [2.45, 2.75) is 31.6 Å². The minimum Gasteiger partial charge on any atom is -0.481 e. The fourth-order valence-electron chi connectivity index (χ4n) is 6.58. The molecule has 9 heteroatoms. The standard InChI is InChI=1S/C34H33FN6O2/c35-27-11-7-22(8-12-27)25-16-30-33(38-17-25)41(32(39-30)29-2-1-15-37-31(29)36)28-13-9-23(10-14-28)26-19-40(20-26)18-21-3-5-24(6-4-21)34(42)43/h1-2,7-17,21,24,26H,3-6,18-20H2,(H2,36,37)(H,42,43)/t21-,24-. The Labute approximate surface area is 249 Å². The Bertz CT molecular complexity index is 1770. The molecule has 0 bridgehead atoms. The molecule has 0 amide bonds.